The first-order chi connectivity index (χ1) is 14.8. The van der Waals surface area contributed by atoms with E-state index in [0.29, 0.717) is 5.75 Å². The molecule has 0 fully saturated rings. The Morgan fingerprint density at radius 3 is 2.52 bits per heavy atom. The van der Waals surface area contributed by atoms with Gasteiger partial charge in [-0.05, 0) is 43.3 Å². The maximum Gasteiger partial charge on any atom is 0.244 e. The topological polar surface area (TPSA) is 81.9 Å². The van der Waals surface area contributed by atoms with Gasteiger partial charge in [-0.3, -0.25) is 4.40 Å². The summed E-state index contributed by atoms with van der Waals surface area (Å²) in [7, 11) is -0.901. The Bertz CT molecular complexity index is 1350. The number of halogens is 1. The lowest BCUT2D eigenvalue weighted by atomic mass is 10.2. The van der Waals surface area contributed by atoms with Crippen molar-refractivity contribution in [1.29, 1.82) is 0 Å². The lowest BCUT2D eigenvalue weighted by Gasteiger charge is -2.11. The van der Waals surface area contributed by atoms with E-state index in [-0.39, 0.29) is 23.0 Å². The van der Waals surface area contributed by atoms with Gasteiger partial charge in [-0.2, -0.15) is 0 Å². The number of methoxy groups -OCH3 is 2. The highest BCUT2D eigenvalue weighted by atomic mass is 32.2. The van der Waals surface area contributed by atoms with Crippen LogP contribution in [0.1, 0.15) is 10.6 Å². The Kier molecular flexibility index (Phi) is 5.69. The van der Waals surface area contributed by atoms with Crippen molar-refractivity contribution >= 4 is 26.3 Å². The van der Waals surface area contributed by atoms with E-state index in [4.69, 9.17) is 9.47 Å². The minimum atomic E-state index is -3.81. The van der Waals surface area contributed by atoms with Crippen LogP contribution < -0.4 is 14.2 Å². The lowest BCUT2D eigenvalue weighted by Crippen LogP contribution is -2.23. The molecule has 4 aromatic rings. The highest BCUT2D eigenvalue weighted by molar-refractivity contribution is 7.89. The summed E-state index contributed by atoms with van der Waals surface area (Å²) >= 11 is 1.39. The van der Waals surface area contributed by atoms with Gasteiger partial charge in [-0.15, -0.1) is 0 Å². The van der Waals surface area contributed by atoms with Crippen LogP contribution in [0, 0.1) is 12.7 Å². The van der Waals surface area contributed by atoms with Gasteiger partial charge in [0.25, 0.3) is 0 Å². The van der Waals surface area contributed by atoms with Gasteiger partial charge in [0.2, 0.25) is 10.0 Å². The van der Waals surface area contributed by atoms with Gasteiger partial charge in [-0.25, -0.2) is 22.5 Å². The zero-order valence-electron chi connectivity index (χ0n) is 17.0. The first kappa shape index (κ1) is 21.3. The molecule has 0 aliphatic heterocycles. The molecule has 0 saturated heterocycles. The molecule has 10 heteroatoms. The fraction of sp³-hybridized carbons (Fsp3) is 0.190. The van der Waals surface area contributed by atoms with Gasteiger partial charge in [0.15, 0.2) is 4.96 Å². The number of sulfonamides is 1. The molecule has 0 amide bonds. The normalized spacial score (nSPS) is 11.7. The summed E-state index contributed by atoms with van der Waals surface area (Å²) in [4.78, 5) is 6.19. The number of nitrogens with one attached hydrogen (secondary N) is 1. The Morgan fingerprint density at radius 2 is 1.87 bits per heavy atom. The summed E-state index contributed by atoms with van der Waals surface area (Å²) in [5.41, 5.74) is 2.42. The number of rotatable bonds is 7. The number of ether oxygens (including phenoxy) is 2. The lowest BCUT2D eigenvalue weighted by molar-refractivity contribution is 0.386. The second kappa shape index (κ2) is 8.29. The minimum Gasteiger partial charge on any atom is -0.497 e. The fourth-order valence-corrected chi connectivity index (χ4v) is 5.43. The number of imidazole rings is 1. The van der Waals surface area contributed by atoms with Crippen LogP contribution in [0.25, 0.3) is 16.2 Å². The first-order valence-electron chi connectivity index (χ1n) is 9.27. The highest BCUT2D eigenvalue weighted by Crippen LogP contribution is 2.30. The average molecular weight is 462 g/mol. The second-order valence-corrected chi connectivity index (χ2v) is 9.54. The minimum absolute atomic E-state index is 0.0355. The van der Waals surface area contributed by atoms with Crippen molar-refractivity contribution < 1.29 is 22.3 Å². The van der Waals surface area contributed by atoms with Crippen molar-refractivity contribution in [3.63, 3.8) is 0 Å². The molecule has 0 spiro atoms. The number of aromatic nitrogens is 2. The summed E-state index contributed by atoms with van der Waals surface area (Å²) in [5, 5.41) is 0. The maximum absolute atomic E-state index is 13.2. The van der Waals surface area contributed by atoms with Crippen molar-refractivity contribution in [3.8, 4) is 22.8 Å². The second-order valence-electron chi connectivity index (χ2n) is 6.74. The Morgan fingerprint density at radius 1 is 1.13 bits per heavy atom. The zero-order valence-corrected chi connectivity index (χ0v) is 18.7. The number of fused-ring (bicyclic) bond motifs is 1. The van der Waals surface area contributed by atoms with E-state index in [1.165, 1.54) is 49.8 Å². The third-order valence-corrected chi connectivity index (χ3v) is 7.47. The summed E-state index contributed by atoms with van der Waals surface area (Å²) in [6.07, 6.45) is 1.86. The SMILES string of the molecule is COc1ccc(S(=O)(=O)NCc2sc3nc(-c4ccc(F)cc4)cn3c2C)c(OC)c1. The molecule has 0 aliphatic rings. The van der Waals surface area contributed by atoms with Crippen LogP contribution in [-0.2, 0) is 16.6 Å². The van der Waals surface area contributed by atoms with E-state index in [2.05, 4.69) is 9.71 Å². The monoisotopic (exact) mass is 461 g/mol. The van der Waals surface area contributed by atoms with Gasteiger partial charge in [0, 0.05) is 34.9 Å². The number of aryl methyl sites for hydroxylation is 1. The van der Waals surface area contributed by atoms with Crippen LogP contribution in [0.15, 0.2) is 53.6 Å². The molecule has 4 rings (SSSR count). The number of thiazole rings is 1. The Labute approximate surface area is 183 Å². The van der Waals surface area contributed by atoms with Crippen molar-refractivity contribution in [3.05, 3.63) is 65.0 Å². The molecule has 2 aromatic carbocycles. The summed E-state index contributed by atoms with van der Waals surface area (Å²) in [5.74, 6) is 0.403. The van der Waals surface area contributed by atoms with E-state index < -0.39 is 10.0 Å². The standard InChI is InChI=1S/C21H20FN3O4S2/c1-13-19(11-23-31(26,27)20-9-8-16(28-2)10-18(20)29-3)30-21-24-17(12-25(13)21)14-4-6-15(22)7-5-14/h4-10,12,23H,11H2,1-3H3. The highest BCUT2D eigenvalue weighted by Gasteiger charge is 2.21. The van der Waals surface area contributed by atoms with E-state index >= 15 is 0 Å². The van der Waals surface area contributed by atoms with Gasteiger partial charge >= 0.3 is 0 Å². The molecule has 31 heavy (non-hydrogen) atoms. The smallest absolute Gasteiger partial charge is 0.244 e. The average Bonchev–Trinajstić information content (AvgIpc) is 3.31. The van der Waals surface area contributed by atoms with E-state index in [9.17, 15) is 12.8 Å². The van der Waals surface area contributed by atoms with Gasteiger partial charge in [0.05, 0.1) is 19.9 Å². The molecule has 2 heterocycles. The number of hydrogen-bond donors (Lipinski definition) is 1. The molecule has 162 valence electrons. The third-order valence-electron chi connectivity index (χ3n) is 4.88. The Hall–Kier alpha value is -2.95. The summed E-state index contributed by atoms with van der Waals surface area (Å²) < 4.78 is 53.7. The van der Waals surface area contributed by atoms with Crippen molar-refractivity contribution in [2.24, 2.45) is 0 Å². The van der Waals surface area contributed by atoms with Crippen LogP contribution in [0.4, 0.5) is 4.39 Å². The van der Waals surface area contributed by atoms with E-state index in [1.54, 1.807) is 18.2 Å². The van der Waals surface area contributed by atoms with Gasteiger partial charge in [0.1, 0.15) is 22.2 Å². The molecule has 0 saturated carbocycles. The molecule has 0 atom stereocenters. The fourth-order valence-electron chi connectivity index (χ4n) is 3.15. The van der Waals surface area contributed by atoms with Crippen molar-refractivity contribution in [1.82, 2.24) is 14.1 Å². The molecule has 2 aromatic heterocycles. The van der Waals surface area contributed by atoms with E-state index in [1.807, 2.05) is 17.5 Å². The predicted molar refractivity (Wildman–Crippen MR) is 117 cm³/mol. The van der Waals surface area contributed by atoms with Crippen LogP contribution in [0.5, 0.6) is 11.5 Å². The summed E-state index contributed by atoms with van der Waals surface area (Å²) in [6.45, 7) is 2.01. The first-order valence-corrected chi connectivity index (χ1v) is 11.6. The predicted octanol–water partition coefficient (Wildman–Crippen LogP) is 4.01. The zero-order chi connectivity index (χ0) is 22.2. The van der Waals surface area contributed by atoms with Crippen molar-refractivity contribution in [2.75, 3.05) is 14.2 Å². The molecule has 0 radical (unpaired) electrons. The molecular formula is C21H20FN3O4S2. The Balaban J connectivity index is 1.57. The molecule has 0 bridgehead atoms. The maximum atomic E-state index is 13.2. The molecule has 0 aliphatic carbocycles. The molecule has 1 N–H and O–H groups in total. The van der Waals surface area contributed by atoms with Crippen LogP contribution >= 0.6 is 11.3 Å². The summed E-state index contributed by atoms with van der Waals surface area (Å²) in [6, 6.07) is 10.7. The molecule has 0 unspecified atom stereocenters. The molecule has 7 nitrogen and oxygen atoms in total. The number of hydrogen-bond acceptors (Lipinski definition) is 6. The number of benzene rings is 2. The third kappa shape index (κ3) is 4.14. The van der Waals surface area contributed by atoms with Crippen LogP contribution in [0.3, 0.4) is 0 Å². The largest absolute Gasteiger partial charge is 0.497 e. The van der Waals surface area contributed by atoms with Gasteiger partial charge < -0.3 is 9.47 Å². The van der Waals surface area contributed by atoms with Gasteiger partial charge in [-0.1, -0.05) is 11.3 Å². The van der Waals surface area contributed by atoms with Crippen LogP contribution in [-0.4, -0.2) is 32.0 Å². The quantitative estimate of drug-likeness (QED) is 0.450. The van der Waals surface area contributed by atoms with E-state index in [0.717, 1.165) is 26.8 Å². The van der Waals surface area contributed by atoms with Crippen LogP contribution in [0.2, 0.25) is 0 Å². The number of nitrogens with zero attached hydrogens (tertiary/aromatic N) is 2. The molecular weight excluding hydrogens is 441 g/mol. The van der Waals surface area contributed by atoms with Crippen molar-refractivity contribution in [2.45, 2.75) is 18.4 Å².